The lowest BCUT2D eigenvalue weighted by Gasteiger charge is -2.33. The number of nitrogens with one attached hydrogen (secondary N) is 1. The van der Waals surface area contributed by atoms with Crippen molar-refractivity contribution >= 4 is 11.9 Å². The second-order valence-corrected chi connectivity index (χ2v) is 7.38. The van der Waals surface area contributed by atoms with Crippen molar-refractivity contribution in [2.24, 2.45) is 11.3 Å². The van der Waals surface area contributed by atoms with Gasteiger partial charge in [0.05, 0.1) is 17.5 Å². The molecule has 0 bridgehead atoms. The van der Waals surface area contributed by atoms with Crippen molar-refractivity contribution < 1.29 is 19.4 Å². The van der Waals surface area contributed by atoms with E-state index in [0.717, 1.165) is 23.5 Å². The molecule has 2 rings (SSSR count). The second-order valence-electron chi connectivity index (χ2n) is 7.38. The molecule has 0 unspecified atom stereocenters. The van der Waals surface area contributed by atoms with Gasteiger partial charge in [-0.2, -0.15) is 5.10 Å². The van der Waals surface area contributed by atoms with Gasteiger partial charge in [-0.15, -0.1) is 0 Å². The van der Waals surface area contributed by atoms with Gasteiger partial charge in [-0.25, -0.2) is 0 Å². The molecule has 1 aromatic rings. The number of carboxylic acid groups (broad SMARTS) is 1. The summed E-state index contributed by atoms with van der Waals surface area (Å²) in [6.07, 6.45) is 1.07. The molecule has 0 saturated carbocycles. The van der Waals surface area contributed by atoms with E-state index in [0.29, 0.717) is 32.0 Å². The Labute approximate surface area is 148 Å². The third kappa shape index (κ3) is 4.60. The highest BCUT2D eigenvalue weighted by atomic mass is 16.5. The summed E-state index contributed by atoms with van der Waals surface area (Å²) >= 11 is 0. The third-order valence-corrected chi connectivity index (χ3v) is 4.93. The van der Waals surface area contributed by atoms with Crippen LogP contribution in [-0.2, 0) is 27.3 Å². The monoisotopic (exact) mass is 351 g/mol. The van der Waals surface area contributed by atoms with E-state index in [2.05, 4.69) is 24.3 Å². The summed E-state index contributed by atoms with van der Waals surface area (Å²) < 4.78 is 7.20. The maximum atomic E-state index is 12.4. The summed E-state index contributed by atoms with van der Waals surface area (Å²) in [6.45, 7) is 9.93. The molecule has 1 amide bonds. The van der Waals surface area contributed by atoms with E-state index in [-0.39, 0.29) is 18.9 Å². The number of hydrogen-bond donors (Lipinski definition) is 2. The van der Waals surface area contributed by atoms with Gasteiger partial charge in [0.1, 0.15) is 0 Å². The van der Waals surface area contributed by atoms with Gasteiger partial charge in [0.15, 0.2) is 0 Å². The maximum Gasteiger partial charge on any atom is 0.311 e. The van der Waals surface area contributed by atoms with Crippen LogP contribution < -0.4 is 5.32 Å². The van der Waals surface area contributed by atoms with E-state index in [1.807, 2.05) is 18.5 Å². The Hall–Kier alpha value is -1.89. The fourth-order valence-corrected chi connectivity index (χ4v) is 3.23. The molecule has 7 heteroatoms. The molecule has 7 nitrogen and oxygen atoms in total. The van der Waals surface area contributed by atoms with E-state index in [1.165, 1.54) is 0 Å². The summed E-state index contributed by atoms with van der Waals surface area (Å²) in [4.78, 5) is 24.0. The highest BCUT2D eigenvalue weighted by Gasteiger charge is 2.40. The van der Waals surface area contributed by atoms with E-state index in [9.17, 15) is 14.7 Å². The molecule has 2 heterocycles. The first kappa shape index (κ1) is 19.4. The summed E-state index contributed by atoms with van der Waals surface area (Å²) in [5.74, 6) is -0.556. The first-order chi connectivity index (χ1) is 11.7. The summed E-state index contributed by atoms with van der Waals surface area (Å²) in [5, 5.41) is 16.9. The number of ether oxygens (including phenoxy) is 1. The SMILES string of the molecule is Cc1nn(CC(C)C)c(C)c1CC(=O)NCC1(C(=O)O)CCOCC1. The van der Waals surface area contributed by atoms with E-state index >= 15 is 0 Å². The van der Waals surface area contributed by atoms with Crippen molar-refractivity contribution in [3.8, 4) is 0 Å². The van der Waals surface area contributed by atoms with Crippen LogP contribution >= 0.6 is 0 Å². The highest BCUT2D eigenvalue weighted by molar-refractivity contribution is 5.81. The molecule has 0 atom stereocenters. The number of carbonyl (C=O) groups is 2. The smallest absolute Gasteiger partial charge is 0.311 e. The van der Waals surface area contributed by atoms with Gasteiger partial charge in [-0.05, 0) is 32.6 Å². The standard InChI is InChI=1S/C18H29N3O4/c1-12(2)10-21-14(4)15(13(3)20-21)9-16(22)19-11-18(17(23)24)5-7-25-8-6-18/h12H,5-11H2,1-4H3,(H,19,22)(H,23,24). The first-order valence-electron chi connectivity index (χ1n) is 8.86. The molecule has 0 aromatic carbocycles. The highest BCUT2D eigenvalue weighted by Crippen LogP contribution is 2.30. The zero-order chi connectivity index (χ0) is 18.6. The average molecular weight is 351 g/mol. The Morgan fingerprint density at radius 2 is 1.96 bits per heavy atom. The van der Waals surface area contributed by atoms with Crippen LogP contribution in [0.1, 0.15) is 43.6 Å². The van der Waals surface area contributed by atoms with Crippen LogP contribution in [0, 0.1) is 25.2 Å². The Bertz CT molecular complexity index is 631. The quantitative estimate of drug-likeness (QED) is 0.780. The largest absolute Gasteiger partial charge is 0.481 e. The molecule has 1 fully saturated rings. The number of amides is 1. The van der Waals surface area contributed by atoms with Crippen LogP contribution in [-0.4, -0.2) is 46.5 Å². The van der Waals surface area contributed by atoms with Crippen molar-refractivity contribution in [3.63, 3.8) is 0 Å². The molecule has 1 aromatic heterocycles. The van der Waals surface area contributed by atoms with E-state index < -0.39 is 11.4 Å². The molecule has 0 spiro atoms. The normalized spacial score (nSPS) is 16.8. The molecule has 0 radical (unpaired) electrons. The average Bonchev–Trinajstić information content (AvgIpc) is 2.80. The van der Waals surface area contributed by atoms with Gasteiger partial charge >= 0.3 is 5.97 Å². The van der Waals surface area contributed by atoms with Gasteiger partial charge in [-0.3, -0.25) is 14.3 Å². The van der Waals surface area contributed by atoms with Crippen molar-refractivity contribution in [2.45, 2.75) is 53.5 Å². The summed E-state index contributed by atoms with van der Waals surface area (Å²) in [6, 6.07) is 0. The van der Waals surface area contributed by atoms with Gasteiger partial charge in [-0.1, -0.05) is 13.8 Å². The Morgan fingerprint density at radius 3 is 2.52 bits per heavy atom. The van der Waals surface area contributed by atoms with Gasteiger partial charge in [0, 0.05) is 37.6 Å². The van der Waals surface area contributed by atoms with Crippen LogP contribution in [0.25, 0.3) is 0 Å². The van der Waals surface area contributed by atoms with Crippen molar-refractivity contribution in [2.75, 3.05) is 19.8 Å². The number of hydrogen-bond acceptors (Lipinski definition) is 4. The predicted octanol–water partition coefficient (Wildman–Crippen LogP) is 1.70. The topological polar surface area (TPSA) is 93.5 Å². The van der Waals surface area contributed by atoms with E-state index in [1.54, 1.807) is 0 Å². The van der Waals surface area contributed by atoms with Crippen molar-refractivity contribution in [3.05, 3.63) is 17.0 Å². The van der Waals surface area contributed by atoms with Gasteiger partial charge < -0.3 is 15.2 Å². The molecule has 1 aliphatic rings. The first-order valence-corrected chi connectivity index (χ1v) is 8.86. The molecule has 1 saturated heterocycles. The number of nitrogens with zero attached hydrogens (tertiary/aromatic N) is 2. The second kappa shape index (κ2) is 7.99. The number of aliphatic carboxylic acids is 1. The molecular weight excluding hydrogens is 322 g/mol. The number of carbonyl (C=O) groups excluding carboxylic acids is 1. The maximum absolute atomic E-state index is 12.4. The number of aryl methyl sites for hydroxylation is 1. The number of rotatable bonds is 7. The van der Waals surface area contributed by atoms with Crippen LogP contribution in [0.3, 0.4) is 0 Å². The Morgan fingerprint density at radius 1 is 1.32 bits per heavy atom. The molecule has 140 valence electrons. The Kier molecular flexibility index (Phi) is 6.21. The summed E-state index contributed by atoms with van der Waals surface area (Å²) in [7, 11) is 0. The minimum Gasteiger partial charge on any atom is -0.481 e. The van der Waals surface area contributed by atoms with Crippen LogP contribution in [0.2, 0.25) is 0 Å². The van der Waals surface area contributed by atoms with Gasteiger partial charge in [0.2, 0.25) is 5.91 Å². The van der Waals surface area contributed by atoms with E-state index in [4.69, 9.17) is 4.74 Å². The zero-order valence-electron chi connectivity index (χ0n) is 15.6. The Balaban J connectivity index is 2.00. The molecule has 25 heavy (non-hydrogen) atoms. The molecular formula is C18H29N3O4. The lowest BCUT2D eigenvalue weighted by atomic mass is 9.80. The fourth-order valence-electron chi connectivity index (χ4n) is 3.23. The number of aromatic nitrogens is 2. The summed E-state index contributed by atoms with van der Waals surface area (Å²) in [5.41, 5.74) is 1.86. The minimum atomic E-state index is -0.917. The van der Waals surface area contributed by atoms with Crippen molar-refractivity contribution in [1.82, 2.24) is 15.1 Å². The van der Waals surface area contributed by atoms with Crippen LogP contribution in [0.15, 0.2) is 0 Å². The van der Waals surface area contributed by atoms with Crippen LogP contribution in [0.4, 0.5) is 0 Å². The number of carboxylic acids is 1. The lowest BCUT2D eigenvalue weighted by molar-refractivity contribution is -0.154. The molecule has 0 aliphatic carbocycles. The molecule has 2 N–H and O–H groups in total. The van der Waals surface area contributed by atoms with Gasteiger partial charge in [0.25, 0.3) is 0 Å². The minimum absolute atomic E-state index is 0.142. The zero-order valence-corrected chi connectivity index (χ0v) is 15.6. The molecule has 1 aliphatic heterocycles. The lowest BCUT2D eigenvalue weighted by Crippen LogP contribution is -2.46. The van der Waals surface area contributed by atoms with Crippen molar-refractivity contribution in [1.29, 1.82) is 0 Å². The fraction of sp³-hybridized carbons (Fsp3) is 0.722. The van der Waals surface area contributed by atoms with Crippen LogP contribution in [0.5, 0.6) is 0 Å². The predicted molar refractivity (Wildman–Crippen MR) is 93.4 cm³/mol. The third-order valence-electron chi connectivity index (χ3n) is 4.93.